The summed E-state index contributed by atoms with van der Waals surface area (Å²) in [7, 11) is 0. The third kappa shape index (κ3) is 8.04. The molecule has 2 amide bonds. The van der Waals surface area contributed by atoms with E-state index in [0.717, 1.165) is 102 Å². The van der Waals surface area contributed by atoms with Gasteiger partial charge in [0.15, 0.2) is 0 Å². The molecule has 2 aromatic heterocycles. The predicted octanol–water partition coefficient (Wildman–Crippen LogP) is 10.4. The number of H-pyrrole nitrogens is 2. The average Bonchev–Trinajstić information content (AvgIpc) is 4.17. The Morgan fingerprint density at radius 2 is 1.24 bits per heavy atom. The first-order valence-corrected chi connectivity index (χ1v) is 22.8. The first kappa shape index (κ1) is 42.1. The number of benzene rings is 5. The fourth-order valence-corrected chi connectivity index (χ4v) is 10.1. The van der Waals surface area contributed by atoms with Crippen molar-refractivity contribution in [2.24, 2.45) is 0 Å². The molecule has 0 saturated carbocycles. The van der Waals surface area contributed by atoms with Crippen LogP contribution in [0.25, 0.3) is 44.2 Å². The van der Waals surface area contributed by atoms with E-state index in [0.29, 0.717) is 30.2 Å². The number of hydrogen-bond donors (Lipinski definition) is 2. The Balaban J connectivity index is 0.939. The number of hydrogen-bond acceptors (Lipinski definition) is 6. The summed E-state index contributed by atoms with van der Waals surface area (Å²) in [6, 6.07) is 34.6. The molecule has 63 heavy (non-hydrogen) atoms. The van der Waals surface area contributed by atoms with Gasteiger partial charge in [0.05, 0.1) is 35.0 Å². The van der Waals surface area contributed by atoms with Crippen molar-refractivity contribution in [1.82, 2.24) is 39.5 Å². The van der Waals surface area contributed by atoms with E-state index in [9.17, 15) is 9.59 Å². The van der Waals surface area contributed by atoms with Gasteiger partial charge in [-0.15, -0.1) is 0 Å². The summed E-state index contributed by atoms with van der Waals surface area (Å²) in [5.41, 5.74) is 6.44. The summed E-state index contributed by atoms with van der Waals surface area (Å²) in [6.45, 7) is 12.8. The van der Waals surface area contributed by atoms with Crippen molar-refractivity contribution in [3.8, 4) is 22.4 Å². The quantitative estimate of drug-likeness (QED) is 0.113. The van der Waals surface area contributed by atoms with Crippen molar-refractivity contribution < 1.29 is 14.0 Å². The van der Waals surface area contributed by atoms with Crippen molar-refractivity contribution >= 4 is 33.6 Å². The Labute approximate surface area is 369 Å². The Morgan fingerprint density at radius 1 is 0.683 bits per heavy atom. The summed E-state index contributed by atoms with van der Waals surface area (Å²) in [6.07, 6.45) is 5.11. The number of nitrogens with one attached hydrogen (secondary N) is 2. The Hall–Kier alpha value is -6.17. The molecule has 2 aliphatic rings. The number of halogens is 1. The molecule has 2 N–H and O–H groups in total. The predicted molar refractivity (Wildman–Crippen MR) is 248 cm³/mol. The van der Waals surface area contributed by atoms with Crippen molar-refractivity contribution in [2.75, 3.05) is 39.3 Å². The highest BCUT2D eigenvalue weighted by Crippen LogP contribution is 2.39. The third-order valence-corrected chi connectivity index (χ3v) is 13.4. The summed E-state index contributed by atoms with van der Waals surface area (Å²) in [5.74, 6) is 1.31. The van der Waals surface area contributed by atoms with Crippen LogP contribution in [-0.4, -0.2) is 90.6 Å². The highest BCUT2D eigenvalue weighted by molar-refractivity contribution is 6.05. The lowest BCUT2D eigenvalue weighted by Crippen LogP contribution is -2.43. The molecule has 11 heteroatoms. The molecule has 324 valence electrons. The Morgan fingerprint density at radius 3 is 1.81 bits per heavy atom. The first-order chi connectivity index (χ1) is 30.8. The summed E-state index contributed by atoms with van der Waals surface area (Å²) < 4.78 is 16.1. The SMILES string of the molecule is CCN(CC)[C@@H](C(=O)N1CCC[C@H]1c1ncc(-c2ccc(-c3ccc4c(ccc5[nH]c([C@@H]6CCCN6C(=O)[C@@H](c6ccccc6)N(CC)CC)nc54)c3)cc2F)[nH]1)c1ccccc1. The average molecular weight is 845 g/mol. The minimum Gasteiger partial charge on any atom is -0.340 e. The second kappa shape index (κ2) is 18.3. The van der Waals surface area contributed by atoms with Crippen LogP contribution in [0.2, 0.25) is 0 Å². The van der Waals surface area contributed by atoms with Gasteiger partial charge in [0.1, 0.15) is 29.5 Å². The number of aromatic amines is 2. The van der Waals surface area contributed by atoms with Crippen LogP contribution in [0.4, 0.5) is 4.39 Å². The van der Waals surface area contributed by atoms with Crippen molar-refractivity contribution in [1.29, 1.82) is 0 Å². The number of rotatable bonds is 14. The van der Waals surface area contributed by atoms with Crippen LogP contribution in [-0.2, 0) is 9.59 Å². The largest absolute Gasteiger partial charge is 0.340 e. The molecule has 2 fully saturated rings. The van der Waals surface area contributed by atoms with Crippen LogP contribution in [0.1, 0.15) is 100 Å². The smallest absolute Gasteiger partial charge is 0.245 e. The van der Waals surface area contributed by atoms with Gasteiger partial charge in [0.2, 0.25) is 11.8 Å². The molecule has 10 nitrogen and oxygen atoms in total. The Bertz CT molecular complexity index is 2710. The molecule has 5 aromatic carbocycles. The molecule has 0 spiro atoms. The van der Waals surface area contributed by atoms with Crippen molar-refractivity contribution in [3.63, 3.8) is 0 Å². The van der Waals surface area contributed by atoms with E-state index in [1.54, 1.807) is 18.3 Å². The molecule has 0 bridgehead atoms. The number of likely N-dealkylation sites (N-methyl/N-ethyl adjacent to an activating group) is 2. The van der Waals surface area contributed by atoms with Crippen molar-refractivity contribution in [3.05, 3.63) is 144 Å². The Kier molecular flexibility index (Phi) is 12.2. The maximum atomic E-state index is 16.1. The van der Waals surface area contributed by atoms with Gasteiger partial charge >= 0.3 is 0 Å². The van der Waals surface area contributed by atoms with Crippen LogP contribution < -0.4 is 0 Å². The maximum absolute atomic E-state index is 16.1. The molecule has 2 saturated heterocycles. The lowest BCUT2D eigenvalue weighted by molar-refractivity contribution is -0.139. The van der Waals surface area contributed by atoms with E-state index in [-0.39, 0.29) is 41.8 Å². The lowest BCUT2D eigenvalue weighted by atomic mass is 9.99. The third-order valence-electron chi connectivity index (χ3n) is 13.4. The van der Waals surface area contributed by atoms with Crippen LogP contribution >= 0.6 is 0 Å². The van der Waals surface area contributed by atoms with E-state index in [4.69, 9.17) is 9.97 Å². The highest BCUT2D eigenvalue weighted by Gasteiger charge is 2.39. The zero-order chi connectivity index (χ0) is 43.6. The number of carbonyl (C=O) groups excluding carboxylic acids is 2. The number of fused-ring (bicyclic) bond motifs is 3. The molecule has 0 radical (unpaired) electrons. The molecule has 7 aromatic rings. The van der Waals surface area contributed by atoms with Gasteiger partial charge in [-0.1, -0.05) is 113 Å². The number of imidazole rings is 2. The number of amides is 2. The maximum Gasteiger partial charge on any atom is 0.245 e. The van der Waals surface area contributed by atoms with Crippen LogP contribution in [0.3, 0.4) is 0 Å². The number of aromatic nitrogens is 4. The van der Waals surface area contributed by atoms with Gasteiger partial charge in [-0.2, -0.15) is 0 Å². The molecule has 0 aliphatic carbocycles. The molecule has 4 atom stereocenters. The summed E-state index contributed by atoms with van der Waals surface area (Å²) in [4.78, 5) is 53.9. The monoisotopic (exact) mass is 844 g/mol. The van der Waals surface area contributed by atoms with Crippen molar-refractivity contribution in [2.45, 2.75) is 77.5 Å². The number of likely N-dealkylation sites (tertiary alicyclic amines) is 2. The second-order valence-corrected chi connectivity index (χ2v) is 16.8. The number of nitrogens with zero attached hydrogens (tertiary/aromatic N) is 6. The fraction of sp³-hybridized carbons (Fsp3) is 0.346. The lowest BCUT2D eigenvalue weighted by Gasteiger charge is -2.34. The van der Waals surface area contributed by atoms with Gasteiger partial charge in [-0.25, -0.2) is 14.4 Å². The summed E-state index contributed by atoms with van der Waals surface area (Å²) in [5, 5.41) is 1.99. The topological polar surface area (TPSA) is 104 Å². The number of carbonyl (C=O) groups is 2. The van der Waals surface area contributed by atoms with E-state index in [1.807, 2.05) is 76.5 Å². The molecule has 9 rings (SSSR count). The molecule has 2 aliphatic heterocycles. The van der Waals surface area contributed by atoms with Crippen LogP contribution in [0, 0.1) is 5.82 Å². The van der Waals surface area contributed by atoms with Gasteiger partial charge in [-0.05, 0) is 104 Å². The van der Waals surface area contributed by atoms with E-state index < -0.39 is 0 Å². The van der Waals surface area contributed by atoms with Gasteiger partial charge in [0.25, 0.3) is 0 Å². The second-order valence-electron chi connectivity index (χ2n) is 16.8. The minimum atomic E-state index is -0.379. The van der Waals surface area contributed by atoms with E-state index in [2.05, 4.69) is 77.8 Å². The van der Waals surface area contributed by atoms with Gasteiger partial charge in [-0.3, -0.25) is 19.4 Å². The van der Waals surface area contributed by atoms with Crippen LogP contribution in [0.5, 0.6) is 0 Å². The fourth-order valence-electron chi connectivity index (χ4n) is 10.1. The minimum absolute atomic E-state index is 0.0697. The van der Waals surface area contributed by atoms with Gasteiger partial charge in [0, 0.05) is 24.0 Å². The molecule has 0 unspecified atom stereocenters. The summed E-state index contributed by atoms with van der Waals surface area (Å²) >= 11 is 0. The zero-order valence-corrected chi connectivity index (χ0v) is 36.7. The normalized spacial score (nSPS) is 17.7. The molecular weight excluding hydrogens is 788 g/mol. The van der Waals surface area contributed by atoms with Gasteiger partial charge < -0.3 is 19.8 Å². The standard InChI is InChI=1S/C52H57FN8O2/c1-5-58(6-2)47(34-17-11-9-12-18-34)51(62)60-29-15-21-44(60)49-54-33-43(56-49)40-27-24-37(32-41(40)53)36-23-26-39-38(31-36)25-28-42-46(39)57-50(55-42)45-22-16-30-61(45)52(63)48(59(7-3)8-4)35-19-13-10-14-20-35/h9-14,17-20,23-28,31-33,44-45,47-48H,5-8,15-16,21-22,29-30H2,1-4H3,(H,54,56)(H,55,57)/t44-,45-,47+,48+/m0/s1. The zero-order valence-electron chi connectivity index (χ0n) is 36.7. The van der Waals surface area contributed by atoms with E-state index >= 15 is 4.39 Å². The first-order valence-electron chi connectivity index (χ1n) is 22.8. The molecular formula is C52H57FN8O2. The molecule has 4 heterocycles. The van der Waals surface area contributed by atoms with Crippen LogP contribution in [0.15, 0.2) is 115 Å². The van der Waals surface area contributed by atoms with E-state index in [1.165, 1.54) is 0 Å². The highest BCUT2D eigenvalue weighted by atomic mass is 19.1.